The fourth-order valence-corrected chi connectivity index (χ4v) is 3.66. The summed E-state index contributed by atoms with van der Waals surface area (Å²) in [5.74, 6) is 0.298. The third-order valence-electron chi connectivity index (χ3n) is 4.55. The largest absolute Gasteiger partial charge is 0.493 e. The van der Waals surface area contributed by atoms with Gasteiger partial charge in [-0.2, -0.15) is 0 Å². The molecule has 146 valence electrons. The molecule has 0 saturated carbocycles. The van der Waals surface area contributed by atoms with E-state index in [1.807, 2.05) is 50.2 Å². The van der Waals surface area contributed by atoms with Crippen LogP contribution in [0, 0.1) is 0 Å². The maximum atomic E-state index is 12.9. The molecule has 6 heteroatoms. The number of fused-ring (bicyclic) bond motifs is 1. The third-order valence-corrected chi connectivity index (χ3v) is 5.68. The standard InChI is InChI=1S/C22H23NO4S/c1-4-27-21-14-18-8-6-5-7-17(18)13-20(21)22(24)23-15(2)16-9-11-19(12-10-16)28(3,25)26/h5-15H,4H2,1-3H3,(H,23,24). The van der Waals surface area contributed by atoms with Crippen LogP contribution >= 0.6 is 0 Å². The zero-order chi connectivity index (χ0) is 20.3. The molecule has 0 spiro atoms. The molecule has 0 radical (unpaired) electrons. The second kappa shape index (κ2) is 8.02. The quantitative estimate of drug-likeness (QED) is 0.679. The number of benzene rings is 3. The summed E-state index contributed by atoms with van der Waals surface area (Å²) in [6, 6.07) is 17.7. The molecule has 1 N–H and O–H groups in total. The predicted octanol–water partition coefficient (Wildman–Crippen LogP) is 4.13. The normalized spacial score (nSPS) is 12.5. The first-order valence-corrected chi connectivity index (χ1v) is 10.9. The van der Waals surface area contributed by atoms with Crippen molar-refractivity contribution >= 4 is 26.5 Å². The Labute approximate surface area is 165 Å². The van der Waals surface area contributed by atoms with Gasteiger partial charge in [0.25, 0.3) is 5.91 Å². The van der Waals surface area contributed by atoms with Crippen molar-refractivity contribution in [3.63, 3.8) is 0 Å². The van der Waals surface area contributed by atoms with E-state index in [0.717, 1.165) is 16.3 Å². The van der Waals surface area contributed by atoms with E-state index in [-0.39, 0.29) is 16.8 Å². The number of sulfone groups is 1. The van der Waals surface area contributed by atoms with Crippen LogP contribution in [0.3, 0.4) is 0 Å². The molecule has 0 aromatic heterocycles. The maximum absolute atomic E-state index is 12.9. The Balaban J connectivity index is 1.86. The van der Waals surface area contributed by atoms with E-state index in [4.69, 9.17) is 4.74 Å². The highest BCUT2D eigenvalue weighted by Gasteiger charge is 2.17. The highest BCUT2D eigenvalue weighted by Crippen LogP contribution is 2.27. The summed E-state index contributed by atoms with van der Waals surface area (Å²) >= 11 is 0. The van der Waals surface area contributed by atoms with Gasteiger partial charge in [0.05, 0.1) is 23.1 Å². The van der Waals surface area contributed by atoms with Gasteiger partial charge in [0.15, 0.2) is 9.84 Å². The summed E-state index contributed by atoms with van der Waals surface area (Å²) < 4.78 is 28.9. The zero-order valence-electron chi connectivity index (χ0n) is 16.1. The lowest BCUT2D eigenvalue weighted by Crippen LogP contribution is -2.27. The smallest absolute Gasteiger partial charge is 0.255 e. The molecule has 5 nitrogen and oxygen atoms in total. The highest BCUT2D eigenvalue weighted by molar-refractivity contribution is 7.90. The Bertz CT molecular complexity index is 1110. The Morgan fingerprint density at radius 1 is 1.04 bits per heavy atom. The maximum Gasteiger partial charge on any atom is 0.255 e. The molecule has 3 rings (SSSR count). The lowest BCUT2D eigenvalue weighted by molar-refractivity contribution is 0.0936. The number of amides is 1. The van der Waals surface area contributed by atoms with E-state index in [0.29, 0.717) is 17.9 Å². The summed E-state index contributed by atoms with van der Waals surface area (Å²) in [5, 5.41) is 4.93. The van der Waals surface area contributed by atoms with E-state index in [1.165, 1.54) is 6.26 Å². The topological polar surface area (TPSA) is 72.5 Å². The minimum absolute atomic E-state index is 0.242. The second-order valence-corrected chi connectivity index (χ2v) is 8.68. The molecule has 0 fully saturated rings. The zero-order valence-corrected chi connectivity index (χ0v) is 16.9. The Kier molecular flexibility index (Phi) is 5.70. The number of carbonyl (C=O) groups is 1. The SMILES string of the molecule is CCOc1cc2ccccc2cc1C(=O)NC(C)c1ccc(S(C)(=O)=O)cc1. The van der Waals surface area contributed by atoms with Gasteiger partial charge in [0.2, 0.25) is 0 Å². The fourth-order valence-electron chi connectivity index (χ4n) is 3.03. The van der Waals surface area contributed by atoms with Crippen molar-refractivity contribution in [2.75, 3.05) is 12.9 Å². The summed E-state index contributed by atoms with van der Waals surface area (Å²) in [5.41, 5.74) is 1.29. The summed E-state index contributed by atoms with van der Waals surface area (Å²) in [6.45, 7) is 4.19. The first kappa shape index (κ1) is 19.9. The lowest BCUT2D eigenvalue weighted by atomic mass is 10.0. The van der Waals surface area contributed by atoms with Crippen LogP contribution in [0.15, 0.2) is 65.6 Å². The molecule has 1 unspecified atom stereocenters. The van der Waals surface area contributed by atoms with E-state index in [2.05, 4.69) is 5.32 Å². The highest BCUT2D eigenvalue weighted by atomic mass is 32.2. The van der Waals surface area contributed by atoms with Crippen LogP contribution in [0.5, 0.6) is 5.75 Å². The van der Waals surface area contributed by atoms with Crippen LogP contribution in [0.1, 0.15) is 35.8 Å². The predicted molar refractivity (Wildman–Crippen MR) is 111 cm³/mol. The number of ether oxygens (including phenoxy) is 1. The molecular formula is C22H23NO4S. The van der Waals surface area contributed by atoms with E-state index in [9.17, 15) is 13.2 Å². The molecular weight excluding hydrogens is 374 g/mol. The van der Waals surface area contributed by atoms with Crippen molar-refractivity contribution in [2.45, 2.75) is 24.8 Å². The van der Waals surface area contributed by atoms with Crippen LogP contribution in [-0.4, -0.2) is 27.2 Å². The van der Waals surface area contributed by atoms with Crippen LogP contribution < -0.4 is 10.1 Å². The van der Waals surface area contributed by atoms with Gasteiger partial charge in [0.1, 0.15) is 5.75 Å². The van der Waals surface area contributed by atoms with Crippen LogP contribution in [-0.2, 0) is 9.84 Å². The van der Waals surface area contributed by atoms with E-state index in [1.54, 1.807) is 24.3 Å². The average Bonchev–Trinajstić information content (AvgIpc) is 2.67. The van der Waals surface area contributed by atoms with Crippen molar-refractivity contribution < 1.29 is 17.9 Å². The van der Waals surface area contributed by atoms with Gasteiger partial charge >= 0.3 is 0 Å². The summed E-state index contributed by atoms with van der Waals surface area (Å²) in [4.78, 5) is 13.2. The molecule has 1 atom stereocenters. The lowest BCUT2D eigenvalue weighted by Gasteiger charge is -2.17. The van der Waals surface area contributed by atoms with Crippen molar-refractivity contribution in [1.82, 2.24) is 5.32 Å². The van der Waals surface area contributed by atoms with E-state index >= 15 is 0 Å². The van der Waals surface area contributed by atoms with Crippen molar-refractivity contribution in [1.29, 1.82) is 0 Å². The van der Waals surface area contributed by atoms with Gasteiger partial charge in [-0.05, 0) is 54.4 Å². The van der Waals surface area contributed by atoms with Gasteiger partial charge < -0.3 is 10.1 Å². The number of nitrogens with one attached hydrogen (secondary N) is 1. The number of carbonyl (C=O) groups excluding carboxylic acids is 1. The minimum atomic E-state index is -3.25. The monoisotopic (exact) mass is 397 g/mol. The minimum Gasteiger partial charge on any atom is -0.493 e. The van der Waals surface area contributed by atoms with Gasteiger partial charge in [-0.1, -0.05) is 36.4 Å². The average molecular weight is 397 g/mol. The van der Waals surface area contributed by atoms with Gasteiger partial charge in [0, 0.05) is 6.26 Å². The molecule has 3 aromatic carbocycles. The molecule has 0 bridgehead atoms. The molecule has 0 aliphatic heterocycles. The van der Waals surface area contributed by atoms with Gasteiger partial charge in [-0.25, -0.2) is 8.42 Å². The first-order chi connectivity index (χ1) is 13.3. The third kappa shape index (κ3) is 4.34. The molecule has 0 aliphatic carbocycles. The first-order valence-electron chi connectivity index (χ1n) is 9.06. The second-order valence-electron chi connectivity index (χ2n) is 6.66. The van der Waals surface area contributed by atoms with Crippen LogP contribution in [0.2, 0.25) is 0 Å². The molecule has 3 aromatic rings. The molecule has 1 amide bonds. The van der Waals surface area contributed by atoms with Crippen LogP contribution in [0.4, 0.5) is 0 Å². The Hall–Kier alpha value is -2.86. The van der Waals surface area contributed by atoms with Crippen LogP contribution in [0.25, 0.3) is 10.8 Å². The number of hydrogen-bond donors (Lipinski definition) is 1. The summed E-state index contributed by atoms with van der Waals surface area (Å²) in [7, 11) is -3.25. The van der Waals surface area contributed by atoms with Gasteiger partial charge in [-0.15, -0.1) is 0 Å². The van der Waals surface area contributed by atoms with Crippen molar-refractivity contribution in [2.24, 2.45) is 0 Å². The fraction of sp³-hybridized carbons (Fsp3) is 0.227. The number of rotatable bonds is 6. The Morgan fingerprint density at radius 3 is 2.21 bits per heavy atom. The molecule has 28 heavy (non-hydrogen) atoms. The number of hydrogen-bond acceptors (Lipinski definition) is 4. The summed E-state index contributed by atoms with van der Waals surface area (Å²) in [6.07, 6.45) is 1.17. The molecule has 0 saturated heterocycles. The van der Waals surface area contributed by atoms with Crippen molar-refractivity contribution in [3.8, 4) is 5.75 Å². The van der Waals surface area contributed by atoms with Gasteiger partial charge in [-0.3, -0.25) is 4.79 Å². The Morgan fingerprint density at radius 2 is 1.64 bits per heavy atom. The molecule has 0 aliphatic rings. The van der Waals surface area contributed by atoms with Crippen molar-refractivity contribution in [3.05, 3.63) is 71.8 Å². The molecule has 0 heterocycles. The van der Waals surface area contributed by atoms with E-state index < -0.39 is 9.84 Å².